The van der Waals surface area contributed by atoms with Crippen molar-refractivity contribution in [3.63, 3.8) is 0 Å². The van der Waals surface area contributed by atoms with Crippen LogP contribution in [0, 0.1) is 11.8 Å². The minimum absolute atomic E-state index is 0.0940. The van der Waals surface area contributed by atoms with Gasteiger partial charge in [0.05, 0.1) is 5.54 Å². The van der Waals surface area contributed by atoms with Crippen molar-refractivity contribution >= 4 is 11.8 Å². The smallest absolute Gasteiger partial charge is 0.242 e. The molecule has 0 spiro atoms. The number of hydrogen-bond donors (Lipinski definition) is 3. The molecule has 0 aromatic heterocycles. The van der Waals surface area contributed by atoms with Gasteiger partial charge in [0.2, 0.25) is 11.8 Å². The van der Waals surface area contributed by atoms with E-state index in [9.17, 15) is 9.59 Å². The molecule has 1 aromatic carbocycles. The van der Waals surface area contributed by atoms with Crippen LogP contribution in [0.15, 0.2) is 30.3 Å². The summed E-state index contributed by atoms with van der Waals surface area (Å²) in [7, 11) is 0. The van der Waals surface area contributed by atoms with E-state index >= 15 is 0 Å². The molecule has 2 saturated carbocycles. The summed E-state index contributed by atoms with van der Waals surface area (Å²) in [6.45, 7) is 4.21. The average Bonchev–Trinajstić information content (AvgIpc) is 3.32. The molecule has 6 heteroatoms. The zero-order valence-corrected chi connectivity index (χ0v) is 20.8. The van der Waals surface area contributed by atoms with Gasteiger partial charge in [-0.3, -0.25) is 9.59 Å². The van der Waals surface area contributed by atoms with Crippen LogP contribution < -0.4 is 16.4 Å². The number of piperidine rings is 1. The first-order valence-corrected chi connectivity index (χ1v) is 13.7. The fourth-order valence-electron chi connectivity index (χ4n) is 6.07. The Kier molecular flexibility index (Phi) is 9.01. The van der Waals surface area contributed by atoms with Crippen LogP contribution in [0.3, 0.4) is 0 Å². The van der Waals surface area contributed by atoms with Crippen molar-refractivity contribution in [1.29, 1.82) is 0 Å². The number of amides is 2. The van der Waals surface area contributed by atoms with E-state index in [1.54, 1.807) is 0 Å². The molecule has 6 nitrogen and oxygen atoms in total. The normalized spacial score (nSPS) is 22.9. The summed E-state index contributed by atoms with van der Waals surface area (Å²) in [4.78, 5) is 28.8. The molecule has 1 saturated heterocycles. The molecule has 0 bridgehead atoms. The molecule has 1 heterocycles. The second kappa shape index (κ2) is 12.2. The zero-order valence-electron chi connectivity index (χ0n) is 20.8. The Bertz CT molecular complexity index is 779. The molecule has 1 atom stereocenters. The SMILES string of the molecule is NC1(C(=O)N[C@H](Cc2ccccc2)C(=O)NCC2CCN(CC3CCCCC3)CC2)CCCC1. The number of likely N-dealkylation sites (tertiary alicyclic amines) is 1. The number of benzene rings is 1. The fraction of sp³-hybridized carbons (Fsp3) is 0.714. The first kappa shape index (κ1) is 25.2. The number of nitrogens with one attached hydrogen (secondary N) is 2. The molecule has 188 valence electrons. The third-order valence-electron chi connectivity index (χ3n) is 8.37. The van der Waals surface area contributed by atoms with Gasteiger partial charge in [-0.15, -0.1) is 0 Å². The predicted octanol–water partition coefficient (Wildman–Crippen LogP) is 3.39. The number of nitrogens with zero attached hydrogens (tertiary/aromatic N) is 1. The highest BCUT2D eigenvalue weighted by Crippen LogP contribution is 2.28. The van der Waals surface area contributed by atoms with Crippen LogP contribution >= 0.6 is 0 Å². The van der Waals surface area contributed by atoms with E-state index in [0.29, 0.717) is 31.7 Å². The zero-order chi connectivity index (χ0) is 23.8. The summed E-state index contributed by atoms with van der Waals surface area (Å²) in [6, 6.07) is 9.31. The Morgan fingerprint density at radius 1 is 0.941 bits per heavy atom. The van der Waals surface area contributed by atoms with Crippen molar-refractivity contribution in [1.82, 2.24) is 15.5 Å². The average molecular weight is 469 g/mol. The number of carbonyl (C=O) groups is 2. The highest BCUT2D eigenvalue weighted by molar-refractivity contribution is 5.92. The summed E-state index contributed by atoms with van der Waals surface area (Å²) >= 11 is 0. The van der Waals surface area contributed by atoms with Crippen molar-refractivity contribution in [2.24, 2.45) is 17.6 Å². The molecular weight excluding hydrogens is 424 g/mol. The second-order valence-electron chi connectivity index (χ2n) is 11.1. The van der Waals surface area contributed by atoms with Crippen molar-refractivity contribution in [2.45, 2.75) is 88.6 Å². The fourth-order valence-corrected chi connectivity index (χ4v) is 6.07. The molecule has 2 aliphatic carbocycles. The van der Waals surface area contributed by atoms with Crippen molar-refractivity contribution in [3.8, 4) is 0 Å². The molecule has 1 aliphatic heterocycles. The molecule has 0 unspecified atom stereocenters. The Labute approximate surface area is 205 Å². The molecule has 1 aromatic rings. The van der Waals surface area contributed by atoms with Crippen LogP contribution in [0.4, 0.5) is 0 Å². The second-order valence-corrected chi connectivity index (χ2v) is 11.1. The summed E-state index contributed by atoms with van der Waals surface area (Å²) < 4.78 is 0. The first-order chi connectivity index (χ1) is 16.5. The van der Waals surface area contributed by atoms with Gasteiger partial charge in [0.15, 0.2) is 0 Å². The summed E-state index contributed by atoms with van der Waals surface area (Å²) in [6.07, 6.45) is 13.1. The van der Waals surface area contributed by atoms with Crippen LogP contribution in [0.25, 0.3) is 0 Å². The van der Waals surface area contributed by atoms with Crippen LogP contribution in [0.5, 0.6) is 0 Å². The first-order valence-electron chi connectivity index (χ1n) is 13.7. The molecule has 2 amide bonds. The monoisotopic (exact) mass is 468 g/mol. The Hall–Kier alpha value is -1.92. The number of hydrogen-bond acceptors (Lipinski definition) is 4. The number of carbonyl (C=O) groups excluding carboxylic acids is 2. The highest BCUT2D eigenvalue weighted by atomic mass is 16.2. The lowest BCUT2D eigenvalue weighted by Crippen LogP contribution is -2.58. The van der Waals surface area contributed by atoms with E-state index in [-0.39, 0.29) is 11.8 Å². The van der Waals surface area contributed by atoms with Gasteiger partial charge in [0, 0.05) is 19.5 Å². The highest BCUT2D eigenvalue weighted by Gasteiger charge is 2.38. The van der Waals surface area contributed by atoms with E-state index in [1.807, 2.05) is 30.3 Å². The Morgan fingerprint density at radius 3 is 2.29 bits per heavy atom. The molecule has 3 fully saturated rings. The maximum Gasteiger partial charge on any atom is 0.242 e. The third-order valence-corrected chi connectivity index (χ3v) is 8.37. The van der Waals surface area contributed by atoms with Crippen LogP contribution in [0.1, 0.15) is 76.2 Å². The van der Waals surface area contributed by atoms with Gasteiger partial charge < -0.3 is 21.3 Å². The molecule has 0 radical (unpaired) electrons. The number of nitrogens with two attached hydrogens (primary N) is 1. The third kappa shape index (κ3) is 7.05. The van der Waals surface area contributed by atoms with Crippen molar-refractivity contribution in [3.05, 3.63) is 35.9 Å². The number of rotatable bonds is 9. The predicted molar refractivity (Wildman–Crippen MR) is 136 cm³/mol. The molecular formula is C28H44N4O2. The van der Waals surface area contributed by atoms with Gasteiger partial charge in [-0.25, -0.2) is 0 Å². The summed E-state index contributed by atoms with van der Waals surface area (Å²) in [5, 5.41) is 6.17. The standard InChI is InChI=1S/C28H44N4O2/c29-28(15-7-8-16-28)27(34)31-25(19-22-9-3-1-4-10-22)26(33)30-20-23-13-17-32(18-14-23)21-24-11-5-2-6-12-24/h1,3-4,9-10,23-25H,2,5-8,11-21,29H2,(H,30,33)(H,31,34)/t25-/m1/s1. The lowest BCUT2D eigenvalue weighted by Gasteiger charge is -2.35. The lowest BCUT2D eigenvalue weighted by molar-refractivity contribution is -0.132. The van der Waals surface area contributed by atoms with E-state index < -0.39 is 11.6 Å². The van der Waals surface area contributed by atoms with Crippen molar-refractivity contribution < 1.29 is 9.59 Å². The van der Waals surface area contributed by atoms with Crippen LogP contribution in [-0.4, -0.2) is 54.5 Å². The topological polar surface area (TPSA) is 87.5 Å². The Morgan fingerprint density at radius 2 is 1.62 bits per heavy atom. The van der Waals surface area contributed by atoms with Gasteiger partial charge in [-0.05, 0) is 69.0 Å². The van der Waals surface area contributed by atoms with Gasteiger partial charge in [-0.1, -0.05) is 62.4 Å². The van der Waals surface area contributed by atoms with Crippen molar-refractivity contribution in [2.75, 3.05) is 26.2 Å². The Balaban J connectivity index is 1.26. The maximum atomic E-state index is 13.2. The van der Waals surface area contributed by atoms with Gasteiger partial charge in [-0.2, -0.15) is 0 Å². The molecule has 4 rings (SSSR count). The molecule has 4 N–H and O–H groups in total. The largest absolute Gasteiger partial charge is 0.354 e. The van der Waals surface area contributed by atoms with E-state index in [4.69, 9.17) is 5.73 Å². The minimum atomic E-state index is -0.833. The minimum Gasteiger partial charge on any atom is -0.354 e. The maximum absolute atomic E-state index is 13.2. The van der Waals surface area contributed by atoms with Crippen LogP contribution in [0.2, 0.25) is 0 Å². The summed E-state index contributed by atoms with van der Waals surface area (Å²) in [5.41, 5.74) is 6.57. The molecule has 34 heavy (non-hydrogen) atoms. The van der Waals surface area contributed by atoms with Gasteiger partial charge >= 0.3 is 0 Å². The van der Waals surface area contributed by atoms with E-state index in [0.717, 1.165) is 50.3 Å². The lowest BCUT2D eigenvalue weighted by atomic mass is 9.88. The van der Waals surface area contributed by atoms with Gasteiger partial charge in [0.25, 0.3) is 0 Å². The molecule has 3 aliphatic rings. The summed E-state index contributed by atoms with van der Waals surface area (Å²) in [5.74, 6) is 1.12. The van der Waals surface area contributed by atoms with E-state index in [2.05, 4.69) is 15.5 Å². The van der Waals surface area contributed by atoms with E-state index in [1.165, 1.54) is 38.6 Å². The van der Waals surface area contributed by atoms with Gasteiger partial charge in [0.1, 0.15) is 6.04 Å². The quantitative estimate of drug-likeness (QED) is 0.518. The van der Waals surface area contributed by atoms with Crippen LogP contribution in [-0.2, 0) is 16.0 Å².